The van der Waals surface area contributed by atoms with Gasteiger partial charge in [0.2, 0.25) is 0 Å². The number of hydrogen-bond acceptors (Lipinski definition) is 1. The Balaban J connectivity index is 1.57. The highest BCUT2D eigenvalue weighted by atomic mass is 16.3. The van der Waals surface area contributed by atoms with Crippen LogP contribution >= 0.6 is 0 Å². The van der Waals surface area contributed by atoms with Gasteiger partial charge in [0.25, 0.3) is 0 Å². The summed E-state index contributed by atoms with van der Waals surface area (Å²) in [4.78, 5) is 0. The van der Waals surface area contributed by atoms with Crippen molar-refractivity contribution < 1.29 is 5.11 Å². The molecule has 0 heterocycles. The van der Waals surface area contributed by atoms with Crippen molar-refractivity contribution in [2.45, 2.75) is 92.6 Å². The molecule has 1 heteroatoms. The molecule has 0 aliphatic heterocycles. The summed E-state index contributed by atoms with van der Waals surface area (Å²) in [7, 11) is 0. The lowest BCUT2D eigenvalue weighted by molar-refractivity contribution is 0.0382. The highest BCUT2D eigenvalue weighted by molar-refractivity contribution is 5.39. The topological polar surface area (TPSA) is 20.2 Å². The maximum atomic E-state index is 10.2. The van der Waals surface area contributed by atoms with Crippen LogP contribution in [0.1, 0.15) is 86.5 Å². The second-order valence-electron chi connectivity index (χ2n) is 11.9. The molecule has 3 unspecified atom stereocenters. The van der Waals surface area contributed by atoms with Crippen LogP contribution in [0.5, 0.6) is 0 Å². The molecule has 0 spiro atoms. The maximum Gasteiger partial charge on any atom is 0.0578 e. The van der Waals surface area contributed by atoms with E-state index in [4.69, 9.17) is 0 Å². The number of aliphatic hydroxyl groups excluding tert-OH is 1. The standard InChI is InChI=1S/C28H44O/c1-18(2)19(3)7-8-20(4)24-11-12-25-23-10-9-21-17-22(29)13-15-27(21,5)26(23)14-16-28(24,25)6/h7-10,18-20,22,24-26,29H,11-17H2,1-6H3/b8-7+/t19-,20+,22?,24+,25?,26?,27-,28+/m0/s1. The monoisotopic (exact) mass is 396 g/mol. The Morgan fingerprint density at radius 2 is 1.69 bits per heavy atom. The fraction of sp³-hybridized carbons (Fsp3) is 0.786. The molecule has 4 rings (SSSR count). The summed E-state index contributed by atoms with van der Waals surface area (Å²) in [5.74, 6) is 4.38. The molecule has 0 bridgehead atoms. The first-order valence-corrected chi connectivity index (χ1v) is 12.4. The molecule has 0 radical (unpaired) electrons. The van der Waals surface area contributed by atoms with E-state index in [-0.39, 0.29) is 6.10 Å². The molecule has 1 N–H and O–H groups in total. The Bertz CT molecular complexity index is 712. The van der Waals surface area contributed by atoms with Gasteiger partial charge in [0, 0.05) is 0 Å². The summed E-state index contributed by atoms with van der Waals surface area (Å²) >= 11 is 0. The van der Waals surface area contributed by atoms with Gasteiger partial charge in [-0.15, -0.1) is 0 Å². The molecule has 1 nitrogen and oxygen atoms in total. The van der Waals surface area contributed by atoms with E-state index < -0.39 is 0 Å². The molecular weight excluding hydrogens is 352 g/mol. The number of aliphatic hydroxyl groups is 1. The van der Waals surface area contributed by atoms with E-state index in [0.717, 1.165) is 36.5 Å². The summed E-state index contributed by atoms with van der Waals surface area (Å²) in [6, 6.07) is 0. The van der Waals surface area contributed by atoms with E-state index >= 15 is 0 Å². The zero-order valence-corrected chi connectivity index (χ0v) is 19.7. The van der Waals surface area contributed by atoms with Gasteiger partial charge < -0.3 is 5.11 Å². The van der Waals surface area contributed by atoms with Gasteiger partial charge in [-0.25, -0.2) is 0 Å². The van der Waals surface area contributed by atoms with Gasteiger partial charge >= 0.3 is 0 Å². The van der Waals surface area contributed by atoms with E-state index in [0.29, 0.717) is 22.7 Å². The molecule has 4 aliphatic carbocycles. The van der Waals surface area contributed by atoms with Crippen LogP contribution in [0, 0.1) is 46.3 Å². The molecule has 4 aliphatic rings. The van der Waals surface area contributed by atoms with Gasteiger partial charge in [-0.3, -0.25) is 0 Å². The Labute approximate surface area is 179 Å². The normalized spacial score (nSPS) is 44.0. The van der Waals surface area contributed by atoms with Crippen LogP contribution < -0.4 is 0 Å². The first kappa shape index (κ1) is 21.4. The SMILES string of the molecule is CC(C)[C@@H](C)/C=C/[C@@H](C)[C@H]1CCC2C3=CC=C4CC(O)CC[C@]4(C)C3CC[C@@]21C. The Kier molecular flexibility index (Phi) is 5.69. The van der Waals surface area contributed by atoms with E-state index in [1.807, 2.05) is 0 Å². The molecule has 3 fully saturated rings. The van der Waals surface area contributed by atoms with Crippen molar-refractivity contribution in [3.8, 4) is 0 Å². The van der Waals surface area contributed by atoms with Gasteiger partial charge in [-0.1, -0.05) is 77.0 Å². The number of hydrogen-bond donors (Lipinski definition) is 1. The van der Waals surface area contributed by atoms with Crippen LogP contribution in [0.2, 0.25) is 0 Å². The third-order valence-corrected chi connectivity index (χ3v) is 10.0. The lowest BCUT2D eigenvalue weighted by Crippen LogP contribution is -2.46. The predicted octanol–water partition coefficient (Wildman–Crippen LogP) is 7.33. The highest BCUT2D eigenvalue weighted by Gasteiger charge is 2.56. The average Bonchev–Trinajstić information content (AvgIpc) is 3.03. The van der Waals surface area contributed by atoms with Gasteiger partial charge in [0.15, 0.2) is 0 Å². The second-order valence-corrected chi connectivity index (χ2v) is 11.9. The van der Waals surface area contributed by atoms with Gasteiger partial charge in [0.05, 0.1) is 6.10 Å². The minimum Gasteiger partial charge on any atom is -0.393 e. The lowest BCUT2D eigenvalue weighted by Gasteiger charge is -2.55. The highest BCUT2D eigenvalue weighted by Crippen LogP contribution is 2.65. The van der Waals surface area contributed by atoms with Gasteiger partial charge in [0.1, 0.15) is 0 Å². The minimum atomic E-state index is -0.116. The lowest BCUT2D eigenvalue weighted by atomic mass is 9.50. The Morgan fingerprint density at radius 3 is 2.41 bits per heavy atom. The van der Waals surface area contributed by atoms with E-state index in [9.17, 15) is 5.11 Å². The number of fused-ring (bicyclic) bond motifs is 5. The average molecular weight is 397 g/mol. The fourth-order valence-corrected chi connectivity index (χ4v) is 7.59. The van der Waals surface area contributed by atoms with Gasteiger partial charge in [-0.05, 0) is 91.3 Å². The second kappa shape index (κ2) is 7.70. The third kappa shape index (κ3) is 3.50. The smallest absolute Gasteiger partial charge is 0.0578 e. The molecule has 0 aromatic rings. The molecule has 0 saturated heterocycles. The largest absolute Gasteiger partial charge is 0.393 e. The molecule has 0 aromatic heterocycles. The molecule has 0 aromatic carbocycles. The fourth-order valence-electron chi connectivity index (χ4n) is 7.59. The van der Waals surface area contributed by atoms with Crippen LogP contribution in [-0.2, 0) is 0 Å². The van der Waals surface area contributed by atoms with Crippen molar-refractivity contribution in [1.29, 1.82) is 0 Å². The minimum absolute atomic E-state index is 0.116. The maximum absolute atomic E-state index is 10.2. The summed E-state index contributed by atoms with van der Waals surface area (Å²) in [6.07, 6.45) is 18.4. The van der Waals surface area contributed by atoms with Gasteiger partial charge in [-0.2, -0.15) is 0 Å². The molecule has 29 heavy (non-hydrogen) atoms. The first-order valence-electron chi connectivity index (χ1n) is 12.4. The zero-order valence-electron chi connectivity index (χ0n) is 19.7. The summed E-state index contributed by atoms with van der Waals surface area (Å²) in [5, 5.41) is 10.2. The van der Waals surface area contributed by atoms with Crippen LogP contribution in [0.25, 0.3) is 0 Å². The van der Waals surface area contributed by atoms with E-state index in [2.05, 4.69) is 65.8 Å². The summed E-state index contributed by atoms with van der Waals surface area (Å²) < 4.78 is 0. The van der Waals surface area contributed by atoms with Crippen molar-refractivity contribution in [3.05, 3.63) is 35.5 Å². The first-order chi connectivity index (χ1) is 13.7. The quantitative estimate of drug-likeness (QED) is 0.493. The molecule has 3 saturated carbocycles. The van der Waals surface area contributed by atoms with Crippen LogP contribution in [-0.4, -0.2) is 11.2 Å². The summed E-state index contributed by atoms with van der Waals surface area (Å²) in [5.41, 5.74) is 4.07. The Hall–Kier alpha value is -0.820. The van der Waals surface area contributed by atoms with Crippen LogP contribution in [0.15, 0.2) is 35.5 Å². The third-order valence-electron chi connectivity index (χ3n) is 10.0. The van der Waals surface area contributed by atoms with Crippen molar-refractivity contribution in [2.75, 3.05) is 0 Å². The van der Waals surface area contributed by atoms with Crippen molar-refractivity contribution in [3.63, 3.8) is 0 Å². The summed E-state index contributed by atoms with van der Waals surface area (Å²) in [6.45, 7) is 14.6. The van der Waals surface area contributed by atoms with Crippen molar-refractivity contribution in [1.82, 2.24) is 0 Å². The number of rotatable bonds is 4. The molecule has 162 valence electrons. The molecular formula is C28H44O. The zero-order chi connectivity index (χ0) is 21.0. The predicted molar refractivity (Wildman–Crippen MR) is 123 cm³/mol. The van der Waals surface area contributed by atoms with Crippen molar-refractivity contribution >= 4 is 0 Å². The molecule has 0 amide bonds. The van der Waals surface area contributed by atoms with Crippen LogP contribution in [0.3, 0.4) is 0 Å². The Morgan fingerprint density at radius 1 is 0.931 bits per heavy atom. The van der Waals surface area contributed by atoms with Crippen molar-refractivity contribution in [2.24, 2.45) is 46.3 Å². The van der Waals surface area contributed by atoms with E-state index in [1.165, 1.54) is 37.7 Å². The van der Waals surface area contributed by atoms with Crippen LogP contribution in [0.4, 0.5) is 0 Å². The molecule has 8 atom stereocenters. The number of allylic oxidation sites excluding steroid dienone is 5. The van der Waals surface area contributed by atoms with E-state index in [1.54, 1.807) is 5.57 Å².